The summed E-state index contributed by atoms with van der Waals surface area (Å²) in [7, 11) is 0. The number of nitrogens with zero attached hydrogens (tertiary/aromatic N) is 3. The lowest BCUT2D eigenvalue weighted by Crippen LogP contribution is -2.52. The molecule has 1 aromatic carbocycles. The van der Waals surface area contributed by atoms with E-state index in [9.17, 15) is 18.7 Å². The maximum atomic E-state index is 15.0. The summed E-state index contributed by atoms with van der Waals surface area (Å²) in [6.45, 7) is 2.33. The van der Waals surface area contributed by atoms with Crippen LogP contribution in [0, 0.1) is 17.0 Å². The smallest absolute Gasteiger partial charge is 0.296 e. The number of halogens is 3. The first-order chi connectivity index (χ1) is 19.8. The Hall–Kier alpha value is -3.10. The van der Waals surface area contributed by atoms with Crippen molar-refractivity contribution in [2.45, 2.75) is 43.9 Å². The van der Waals surface area contributed by atoms with Crippen LogP contribution in [-0.4, -0.2) is 94.8 Å². The van der Waals surface area contributed by atoms with Crippen LogP contribution in [-0.2, 0) is 20.8 Å². The molecule has 1 spiro atoms. The number of amides is 1. The molecule has 14 heteroatoms. The van der Waals surface area contributed by atoms with Crippen molar-refractivity contribution in [1.82, 2.24) is 19.9 Å². The molecule has 0 radical (unpaired) electrons. The van der Waals surface area contributed by atoms with E-state index in [4.69, 9.17) is 35.3 Å². The molecule has 4 atom stereocenters. The Bertz CT molecular complexity index is 1470. The first kappa shape index (κ1) is 26.8. The number of aliphatic hydroxyl groups excluding tert-OH is 1. The molecule has 0 aliphatic carbocycles. The summed E-state index contributed by atoms with van der Waals surface area (Å²) in [5.74, 6) is -2.30. The van der Waals surface area contributed by atoms with E-state index in [2.05, 4.69) is 15.0 Å². The van der Waals surface area contributed by atoms with Gasteiger partial charge in [0.1, 0.15) is 41.6 Å². The number of benzene rings is 1. The molecule has 41 heavy (non-hydrogen) atoms. The number of hydrogen-bond acceptors (Lipinski definition) is 9. The second-order valence-electron chi connectivity index (χ2n) is 11.0. The van der Waals surface area contributed by atoms with E-state index in [0.717, 1.165) is 25.0 Å². The van der Waals surface area contributed by atoms with Crippen LogP contribution in [0.1, 0.15) is 28.8 Å². The quantitative estimate of drug-likeness (QED) is 0.444. The zero-order valence-electron chi connectivity index (χ0n) is 21.8. The molecule has 4 aliphatic rings. The van der Waals surface area contributed by atoms with E-state index in [0.29, 0.717) is 31.8 Å². The third-order valence-electron chi connectivity index (χ3n) is 8.29. The fourth-order valence-corrected chi connectivity index (χ4v) is 5.98. The summed E-state index contributed by atoms with van der Waals surface area (Å²) in [5.41, 5.74) is 0.391. The summed E-state index contributed by atoms with van der Waals surface area (Å²) in [5, 5.41) is 10.00. The normalized spacial score (nSPS) is 26.8. The highest BCUT2D eigenvalue weighted by atomic mass is 35.5. The first-order valence-electron chi connectivity index (χ1n) is 13.4. The largest absolute Gasteiger partial charge is 0.471 e. The number of H-pyrrole nitrogens is 1. The highest BCUT2D eigenvalue weighted by Crippen LogP contribution is 2.39. The third kappa shape index (κ3) is 4.89. The number of piperidine rings is 1. The molecular formula is C27H27ClF2N4O7. The van der Waals surface area contributed by atoms with Gasteiger partial charge in [-0.1, -0.05) is 11.6 Å². The van der Waals surface area contributed by atoms with Crippen molar-refractivity contribution in [3.63, 3.8) is 0 Å². The second kappa shape index (κ2) is 10.3. The summed E-state index contributed by atoms with van der Waals surface area (Å²) in [4.78, 5) is 26.1. The van der Waals surface area contributed by atoms with Crippen LogP contribution in [0.4, 0.5) is 8.78 Å². The summed E-state index contributed by atoms with van der Waals surface area (Å²) in [6.07, 6.45) is -0.439. The number of ether oxygens (including phenoxy) is 5. The van der Waals surface area contributed by atoms with Gasteiger partial charge < -0.3 is 38.7 Å². The lowest BCUT2D eigenvalue weighted by atomic mass is 9.77. The minimum atomic E-state index is -0.904. The van der Waals surface area contributed by atoms with Gasteiger partial charge in [-0.3, -0.25) is 4.79 Å². The highest BCUT2D eigenvalue weighted by Gasteiger charge is 2.48. The fourth-order valence-electron chi connectivity index (χ4n) is 5.78. The van der Waals surface area contributed by atoms with Crippen molar-refractivity contribution in [2.24, 2.45) is 5.41 Å². The van der Waals surface area contributed by atoms with Crippen molar-refractivity contribution in [3.05, 3.63) is 46.0 Å². The van der Waals surface area contributed by atoms with Gasteiger partial charge in [-0.05, 0) is 31.0 Å². The van der Waals surface area contributed by atoms with Gasteiger partial charge in [-0.25, -0.2) is 8.78 Å². The van der Waals surface area contributed by atoms with Gasteiger partial charge in [0.2, 0.25) is 5.88 Å². The molecule has 2 aromatic heterocycles. The molecule has 7 rings (SSSR count). The molecule has 11 nitrogen and oxygen atoms in total. The summed E-state index contributed by atoms with van der Waals surface area (Å²) < 4.78 is 57.8. The molecule has 6 heterocycles. The Morgan fingerprint density at radius 1 is 1.12 bits per heavy atom. The molecule has 218 valence electrons. The fraction of sp³-hybridized carbons (Fsp3) is 0.519. The minimum Gasteiger partial charge on any atom is -0.471 e. The van der Waals surface area contributed by atoms with Crippen molar-refractivity contribution in [3.8, 4) is 11.9 Å². The van der Waals surface area contributed by atoms with Gasteiger partial charge in [0, 0.05) is 24.1 Å². The number of imidazole rings is 1. The molecule has 0 bridgehead atoms. The average Bonchev–Trinajstić information content (AvgIpc) is 3.63. The maximum Gasteiger partial charge on any atom is 0.296 e. The lowest BCUT2D eigenvalue weighted by molar-refractivity contribution is -0.136. The Kier molecular flexibility index (Phi) is 6.74. The molecular weight excluding hydrogens is 566 g/mol. The number of carbonyl (C=O) groups excluding carboxylic acids is 1. The van der Waals surface area contributed by atoms with Gasteiger partial charge >= 0.3 is 0 Å². The summed E-state index contributed by atoms with van der Waals surface area (Å²) >= 11 is 6.32. The molecule has 3 aromatic rings. The number of carbonyl (C=O) groups is 1. The van der Waals surface area contributed by atoms with Crippen LogP contribution >= 0.6 is 11.6 Å². The number of aromatic nitrogens is 3. The number of nitrogens with one attached hydrogen (secondary N) is 1. The number of pyridine rings is 1. The number of fused-ring (bicyclic) bond motifs is 2. The second-order valence-corrected chi connectivity index (χ2v) is 11.4. The Morgan fingerprint density at radius 2 is 1.85 bits per heavy atom. The van der Waals surface area contributed by atoms with Crippen LogP contribution in [0.25, 0.3) is 11.2 Å². The van der Waals surface area contributed by atoms with Gasteiger partial charge in [-0.15, -0.1) is 0 Å². The SMILES string of the molecule is O=C(c1cc(F)c(COc2nc3nc(O[C@@H]4COC5C4OC[C@H]5O)[nH]c3cc2Cl)c(F)c1)N1CCC2(CC1)COC2. The number of likely N-dealkylation sites (tertiary alicyclic amines) is 1. The topological polar surface area (TPSA) is 128 Å². The molecule has 1 amide bonds. The van der Waals surface area contributed by atoms with Crippen LogP contribution in [0.5, 0.6) is 11.9 Å². The van der Waals surface area contributed by atoms with Crippen LogP contribution in [0.2, 0.25) is 5.02 Å². The van der Waals surface area contributed by atoms with Crippen molar-refractivity contribution in [1.29, 1.82) is 0 Å². The van der Waals surface area contributed by atoms with Gasteiger partial charge in [0.25, 0.3) is 11.9 Å². The van der Waals surface area contributed by atoms with E-state index < -0.39 is 48.6 Å². The Balaban J connectivity index is 1.02. The zero-order valence-corrected chi connectivity index (χ0v) is 22.5. The Labute approximate surface area is 237 Å². The van der Waals surface area contributed by atoms with Crippen LogP contribution in [0.3, 0.4) is 0 Å². The highest BCUT2D eigenvalue weighted by molar-refractivity contribution is 6.32. The van der Waals surface area contributed by atoms with Gasteiger partial charge in [0.05, 0.1) is 37.5 Å². The molecule has 4 fully saturated rings. The van der Waals surface area contributed by atoms with Crippen LogP contribution in [0.15, 0.2) is 18.2 Å². The minimum absolute atomic E-state index is 0.0531. The summed E-state index contributed by atoms with van der Waals surface area (Å²) in [6, 6.07) is 3.71. The van der Waals surface area contributed by atoms with E-state index >= 15 is 0 Å². The van der Waals surface area contributed by atoms with Gasteiger partial charge in [-0.2, -0.15) is 9.97 Å². The van der Waals surface area contributed by atoms with E-state index in [1.807, 2.05) is 0 Å². The monoisotopic (exact) mass is 592 g/mol. The predicted molar refractivity (Wildman–Crippen MR) is 138 cm³/mol. The number of aliphatic hydroxyl groups is 1. The van der Waals surface area contributed by atoms with Gasteiger partial charge in [0.15, 0.2) is 11.8 Å². The number of hydrogen-bond donors (Lipinski definition) is 2. The molecule has 2 N–H and O–H groups in total. The third-order valence-corrected chi connectivity index (χ3v) is 8.56. The predicted octanol–water partition coefficient (Wildman–Crippen LogP) is 2.63. The van der Waals surface area contributed by atoms with Crippen molar-refractivity contribution < 1.29 is 42.4 Å². The van der Waals surface area contributed by atoms with Crippen LogP contribution < -0.4 is 9.47 Å². The molecule has 0 saturated carbocycles. The number of rotatable bonds is 6. The standard InChI is InChI=1S/C27H27ClF2N4O7/c28-15-7-18-23(33-26(31-18)41-20-10-39-21-19(35)9-38-22(20)21)32-24(15)40-8-14-16(29)5-13(6-17(14)30)25(36)34-3-1-27(2-4-34)11-37-12-27/h5-7,19-22,35H,1-4,8-12H2,(H,31,32,33)/t19-,20-,21?,22?/m1/s1. The molecule has 2 unspecified atom stereocenters. The average molecular weight is 593 g/mol. The first-order valence-corrected chi connectivity index (χ1v) is 13.8. The van der Waals surface area contributed by atoms with Crippen molar-refractivity contribution in [2.75, 3.05) is 39.5 Å². The van der Waals surface area contributed by atoms with E-state index in [1.165, 1.54) is 6.07 Å². The lowest BCUT2D eigenvalue weighted by Gasteiger charge is -2.47. The molecule has 4 aliphatic heterocycles. The van der Waals surface area contributed by atoms with E-state index in [1.54, 1.807) is 4.90 Å². The molecule has 4 saturated heterocycles. The number of aromatic amines is 1. The Morgan fingerprint density at radius 3 is 2.56 bits per heavy atom. The van der Waals surface area contributed by atoms with E-state index in [-0.39, 0.29) is 52.3 Å². The zero-order chi connectivity index (χ0) is 28.3. The van der Waals surface area contributed by atoms with Crippen molar-refractivity contribution >= 4 is 28.7 Å². The maximum absolute atomic E-state index is 15.0.